The molecule has 1 amide bonds. The lowest BCUT2D eigenvalue weighted by atomic mass is 10.2. The highest BCUT2D eigenvalue weighted by molar-refractivity contribution is 7.18. The lowest BCUT2D eigenvalue weighted by molar-refractivity contribution is 0.100. The zero-order valence-electron chi connectivity index (χ0n) is 7.48. The first-order chi connectivity index (χ1) is 6.74. The third-order valence-corrected chi connectivity index (χ3v) is 2.89. The first-order valence-corrected chi connectivity index (χ1v) is 4.82. The van der Waals surface area contributed by atoms with Crippen molar-refractivity contribution < 1.29 is 9.53 Å². The highest BCUT2D eigenvalue weighted by Gasteiger charge is 2.12. The number of pyridine rings is 1. The Hall–Kier alpha value is -1.62. The van der Waals surface area contributed by atoms with Gasteiger partial charge in [0.2, 0.25) is 0 Å². The zero-order chi connectivity index (χ0) is 10.1. The van der Waals surface area contributed by atoms with Gasteiger partial charge in [-0.25, -0.2) is 0 Å². The van der Waals surface area contributed by atoms with Crippen molar-refractivity contribution in [1.82, 2.24) is 4.98 Å². The molecule has 0 radical (unpaired) electrons. The van der Waals surface area contributed by atoms with Crippen molar-refractivity contribution in [2.24, 2.45) is 5.73 Å². The van der Waals surface area contributed by atoms with E-state index in [4.69, 9.17) is 10.5 Å². The molecular formula is C9H8N2O2S. The van der Waals surface area contributed by atoms with Crippen LogP contribution in [0.3, 0.4) is 0 Å². The molecule has 0 aromatic carbocycles. The lowest BCUT2D eigenvalue weighted by Crippen LogP contribution is -2.10. The fraction of sp³-hybridized carbons (Fsp3) is 0.111. The number of primary amides is 1. The predicted molar refractivity (Wildman–Crippen MR) is 54.7 cm³/mol. The van der Waals surface area contributed by atoms with E-state index in [0.29, 0.717) is 16.8 Å². The number of thiophene rings is 1. The van der Waals surface area contributed by atoms with Crippen molar-refractivity contribution in [1.29, 1.82) is 0 Å². The third-order valence-electron chi connectivity index (χ3n) is 1.90. The molecular weight excluding hydrogens is 200 g/mol. The van der Waals surface area contributed by atoms with Crippen LogP contribution in [0.2, 0.25) is 0 Å². The normalized spacial score (nSPS) is 10.4. The topological polar surface area (TPSA) is 65.2 Å². The van der Waals surface area contributed by atoms with Gasteiger partial charge in [0.05, 0.1) is 22.9 Å². The molecule has 72 valence electrons. The maximum absolute atomic E-state index is 11.0. The minimum atomic E-state index is -0.461. The molecule has 0 aliphatic carbocycles. The molecule has 0 fully saturated rings. The fourth-order valence-electron chi connectivity index (χ4n) is 1.25. The number of ether oxygens (including phenoxy) is 1. The highest BCUT2D eigenvalue weighted by Crippen LogP contribution is 2.31. The number of nitrogens with two attached hydrogens (primary N) is 1. The van der Waals surface area contributed by atoms with Crippen molar-refractivity contribution in [3.8, 4) is 5.75 Å². The smallest absolute Gasteiger partial charge is 0.251 e. The standard InChI is InChI=1S/C9H8N2O2S/c1-13-6-2-3-11-7-5(9(10)12)4-14-8(6)7/h2-4H,1H3,(H2,10,12). The second-order valence-corrected chi connectivity index (χ2v) is 3.58. The molecule has 0 bridgehead atoms. The van der Waals surface area contributed by atoms with Crippen molar-refractivity contribution >= 4 is 27.5 Å². The molecule has 2 rings (SSSR count). The second kappa shape index (κ2) is 3.26. The molecule has 2 heterocycles. The molecule has 14 heavy (non-hydrogen) atoms. The first kappa shape index (κ1) is 8.96. The van der Waals surface area contributed by atoms with Crippen LogP contribution < -0.4 is 10.5 Å². The van der Waals surface area contributed by atoms with Gasteiger partial charge in [-0.2, -0.15) is 0 Å². The molecule has 5 heteroatoms. The Kier molecular flexibility index (Phi) is 2.09. The Labute approximate surface area is 84.3 Å². The largest absolute Gasteiger partial charge is 0.495 e. The number of methoxy groups -OCH3 is 1. The van der Waals surface area contributed by atoms with Crippen molar-refractivity contribution in [2.45, 2.75) is 0 Å². The van der Waals surface area contributed by atoms with Crippen molar-refractivity contribution in [3.05, 3.63) is 23.2 Å². The van der Waals surface area contributed by atoms with Crippen LogP contribution in [0, 0.1) is 0 Å². The van der Waals surface area contributed by atoms with Crippen molar-refractivity contribution in [3.63, 3.8) is 0 Å². The summed E-state index contributed by atoms with van der Waals surface area (Å²) in [5.74, 6) is 0.254. The average Bonchev–Trinajstić information content (AvgIpc) is 2.60. The summed E-state index contributed by atoms with van der Waals surface area (Å²) in [5, 5.41) is 1.70. The number of fused-ring (bicyclic) bond motifs is 1. The molecule has 2 aromatic rings. The molecule has 0 saturated carbocycles. The minimum absolute atomic E-state index is 0.448. The van der Waals surface area contributed by atoms with Crippen LogP contribution in [-0.4, -0.2) is 18.0 Å². The van der Waals surface area contributed by atoms with Crippen LogP contribution in [0.5, 0.6) is 5.75 Å². The summed E-state index contributed by atoms with van der Waals surface area (Å²) >= 11 is 1.41. The van der Waals surface area contributed by atoms with Gasteiger partial charge in [0.1, 0.15) is 5.75 Å². The Morgan fingerprint density at radius 2 is 2.43 bits per heavy atom. The number of hydrogen-bond acceptors (Lipinski definition) is 4. The van der Waals surface area contributed by atoms with E-state index in [1.807, 2.05) is 0 Å². The van der Waals surface area contributed by atoms with E-state index in [1.165, 1.54) is 11.3 Å². The van der Waals surface area contributed by atoms with E-state index in [0.717, 1.165) is 4.70 Å². The van der Waals surface area contributed by atoms with Crippen LogP contribution in [0.1, 0.15) is 10.4 Å². The quantitative estimate of drug-likeness (QED) is 0.811. The van der Waals surface area contributed by atoms with Gasteiger partial charge >= 0.3 is 0 Å². The number of amides is 1. The Balaban J connectivity index is 2.75. The summed E-state index contributed by atoms with van der Waals surface area (Å²) in [6.07, 6.45) is 1.60. The van der Waals surface area contributed by atoms with Crippen LogP contribution >= 0.6 is 11.3 Å². The SMILES string of the molecule is COc1ccnc2c(C(N)=O)csc12. The Morgan fingerprint density at radius 1 is 1.64 bits per heavy atom. The summed E-state index contributed by atoms with van der Waals surface area (Å²) in [4.78, 5) is 15.1. The summed E-state index contributed by atoms with van der Waals surface area (Å²) in [6.45, 7) is 0. The zero-order valence-corrected chi connectivity index (χ0v) is 8.30. The third kappa shape index (κ3) is 1.22. The van der Waals surface area contributed by atoms with Gasteiger partial charge in [-0.3, -0.25) is 9.78 Å². The van der Waals surface area contributed by atoms with Gasteiger partial charge in [-0.05, 0) is 6.07 Å². The molecule has 2 N–H and O–H groups in total. The molecule has 2 aromatic heterocycles. The molecule has 0 unspecified atom stereocenters. The maximum Gasteiger partial charge on any atom is 0.251 e. The number of carbonyl (C=O) groups excluding carboxylic acids is 1. The molecule has 0 aliphatic rings. The lowest BCUT2D eigenvalue weighted by Gasteiger charge is -1.99. The predicted octanol–water partition coefficient (Wildman–Crippen LogP) is 1.40. The van der Waals surface area contributed by atoms with Crippen LogP contribution in [0.4, 0.5) is 0 Å². The van der Waals surface area contributed by atoms with Crippen LogP contribution in [0.25, 0.3) is 10.2 Å². The summed E-state index contributed by atoms with van der Waals surface area (Å²) in [6, 6.07) is 1.75. The summed E-state index contributed by atoms with van der Waals surface area (Å²) in [5.41, 5.74) is 6.26. The molecule has 0 aliphatic heterocycles. The summed E-state index contributed by atoms with van der Waals surface area (Å²) in [7, 11) is 1.58. The van der Waals surface area contributed by atoms with Gasteiger partial charge in [0.25, 0.3) is 5.91 Å². The molecule has 0 atom stereocenters. The number of hydrogen-bond donors (Lipinski definition) is 1. The van der Waals surface area contributed by atoms with E-state index in [1.54, 1.807) is 24.8 Å². The van der Waals surface area contributed by atoms with Gasteiger partial charge in [-0.1, -0.05) is 0 Å². The van der Waals surface area contributed by atoms with Gasteiger partial charge in [0, 0.05) is 11.6 Å². The van der Waals surface area contributed by atoms with E-state index in [9.17, 15) is 4.79 Å². The number of carbonyl (C=O) groups is 1. The van der Waals surface area contributed by atoms with E-state index < -0.39 is 5.91 Å². The monoisotopic (exact) mass is 208 g/mol. The summed E-state index contributed by atoms with van der Waals surface area (Å²) < 4.78 is 5.99. The Bertz CT molecular complexity index is 493. The van der Waals surface area contributed by atoms with E-state index in [-0.39, 0.29) is 0 Å². The first-order valence-electron chi connectivity index (χ1n) is 3.94. The van der Waals surface area contributed by atoms with Crippen LogP contribution in [0.15, 0.2) is 17.6 Å². The number of aromatic nitrogens is 1. The molecule has 0 saturated heterocycles. The second-order valence-electron chi connectivity index (χ2n) is 2.70. The maximum atomic E-state index is 11.0. The fourth-order valence-corrected chi connectivity index (χ4v) is 2.25. The van der Waals surface area contributed by atoms with E-state index in [2.05, 4.69) is 4.98 Å². The van der Waals surface area contributed by atoms with Crippen LogP contribution in [-0.2, 0) is 0 Å². The van der Waals surface area contributed by atoms with Crippen molar-refractivity contribution in [2.75, 3.05) is 7.11 Å². The minimum Gasteiger partial charge on any atom is -0.495 e. The highest BCUT2D eigenvalue weighted by atomic mass is 32.1. The van der Waals surface area contributed by atoms with Gasteiger partial charge in [0.15, 0.2) is 0 Å². The number of rotatable bonds is 2. The Morgan fingerprint density at radius 3 is 3.07 bits per heavy atom. The van der Waals surface area contributed by atoms with Gasteiger partial charge < -0.3 is 10.5 Å². The number of nitrogens with zero attached hydrogens (tertiary/aromatic N) is 1. The molecule has 0 spiro atoms. The molecule has 4 nitrogen and oxygen atoms in total. The van der Waals surface area contributed by atoms with Gasteiger partial charge in [-0.15, -0.1) is 11.3 Å². The average molecular weight is 208 g/mol. The van der Waals surface area contributed by atoms with E-state index >= 15 is 0 Å².